The summed E-state index contributed by atoms with van der Waals surface area (Å²) >= 11 is 11.9. The summed E-state index contributed by atoms with van der Waals surface area (Å²) in [6.45, 7) is 0. The molecular formula is C15H12Cl2N2O. The van der Waals surface area contributed by atoms with Crippen molar-refractivity contribution in [1.29, 1.82) is 0 Å². The van der Waals surface area contributed by atoms with Gasteiger partial charge < -0.3 is 11.1 Å². The van der Waals surface area contributed by atoms with Crippen LogP contribution in [0, 0.1) is 0 Å². The summed E-state index contributed by atoms with van der Waals surface area (Å²) in [6, 6.07) is 12.6. The Morgan fingerprint density at radius 3 is 2.60 bits per heavy atom. The zero-order chi connectivity index (χ0) is 14.3. The average Bonchev–Trinajstić information content (AvgIpc) is 2.60. The van der Waals surface area contributed by atoms with Gasteiger partial charge in [0.05, 0.1) is 0 Å². The second-order valence-corrected chi connectivity index (χ2v) is 5.79. The van der Waals surface area contributed by atoms with Gasteiger partial charge in [0, 0.05) is 27.7 Å². The quantitative estimate of drug-likeness (QED) is 0.894. The van der Waals surface area contributed by atoms with Gasteiger partial charge in [0.1, 0.15) is 5.54 Å². The van der Waals surface area contributed by atoms with E-state index in [-0.39, 0.29) is 5.91 Å². The molecule has 0 spiro atoms. The number of anilines is 1. The van der Waals surface area contributed by atoms with Gasteiger partial charge in [0.2, 0.25) is 5.91 Å². The van der Waals surface area contributed by atoms with Crippen LogP contribution >= 0.6 is 23.2 Å². The summed E-state index contributed by atoms with van der Waals surface area (Å²) in [4.78, 5) is 12.2. The fourth-order valence-corrected chi connectivity index (χ4v) is 2.89. The van der Waals surface area contributed by atoms with E-state index >= 15 is 0 Å². The first-order valence-electron chi connectivity index (χ1n) is 6.14. The van der Waals surface area contributed by atoms with Crippen LogP contribution in [0.3, 0.4) is 0 Å². The Bertz CT molecular complexity index is 702. The molecule has 0 aliphatic carbocycles. The van der Waals surface area contributed by atoms with Gasteiger partial charge in [0.15, 0.2) is 0 Å². The van der Waals surface area contributed by atoms with Crippen LogP contribution in [-0.2, 0) is 16.8 Å². The molecule has 1 atom stereocenters. The Balaban J connectivity index is 2.02. The Morgan fingerprint density at radius 1 is 1.10 bits per heavy atom. The monoisotopic (exact) mass is 306 g/mol. The van der Waals surface area contributed by atoms with Crippen molar-refractivity contribution in [2.45, 2.75) is 12.0 Å². The van der Waals surface area contributed by atoms with Crippen LogP contribution in [0.15, 0.2) is 42.5 Å². The van der Waals surface area contributed by atoms with Crippen LogP contribution in [0.4, 0.5) is 5.69 Å². The average molecular weight is 307 g/mol. The van der Waals surface area contributed by atoms with E-state index in [1.807, 2.05) is 18.2 Å². The minimum Gasteiger partial charge on any atom is -0.324 e. The molecule has 1 amide bonds. The maximum Gasteiger partial charge on any atom is 0.249 e. The number of carbonyl (C=O) groups is 1. The number of rotatable bonds is 2. The lowest BCUT2D eigenvalue weighted by molar-refractivity contribution is -0.120. The largest absolute Gasteiger partial charge is 0.324 e. The molecule has 3 nitrogen and oxygen atoms in total. The normalized spacial score (nSPS) is 20.6. The molecule has 3 rings (SSSR count). The summed E-state index contributed by atoms with van der Waals surface area (Å²) < 4.78 is 0. The van der Waals surface area contributed by atoms with Gasteiger partial charge in [0.25, 0.3) is 0 Å². The van der Waals surface area contributed by atoms with Crippen molar-refractivity contribution in [2.75, 3.05) is 5.32 Å². The number of halogens is 2. The molecule has 1 aliphatic heterocycles. The molecule has 2 aromatic rings. The topological polar surface area (TPSA) is 55.1 Å². The minimum atomic E-state index is -1.09. The molecule has 0 fully saturated rings. The molecule has 20 heavy (non-hydrogen) atoms. The lowest BCUT2D eigenvalue weighted by atomic mass is 9.86. The fourth-order valence-electron chi connectivity index (χ4n) is 2.51. The maximum atomic E-state index is 12.2. The Kier molecular flexibility index (Phi) is 3.21. The predicted molar refractivity (Wildman–Crippen MR) is 81.1 cm³/mol. The molecule has 1 heterocycles. The third-order valence-corrected chi connectivity index (χ3v) is 3.96. The number of fused-ring (bicyclic) bond motifs is 1. The van der Waals surface area contributed by atoms with Crippen molar-refractivity contribution < 1.29 is 4.79 Å². The van der Waals surface area contributed by atoms with E-state index in [0.717, 1.165) is 11.1 Å². The number of hydrogen-bond donors (Lipinski definition) is 2. The molecule has 0 radical (unpaired) electrons. The lowest BCUT2D eigenvalue weighted by Crippen LogP contribution is -2.45. The van der Waals surface area contributed by atoms with Gasteiger partial charge in [-0.25, -0.2) is 0 Å². The van der Waals surface area contributed by atoms with Gasteiger partial charge >= 0.3 is 0 Å². The van der Waals surface area contributed by atoms with Crippen LogP contribution in [-0.4, -0.2) is 5.91 Å². The molecule has 1 aliphatic rings. The van der Waals surface area contributed by atoms with Crippen molar-refractivity contribution >= 4 is 34.8 Å². The van der Waals surface area contributed by atoms with Crippen molar-refractivity contribution in [1.82, 2.24) is 0 Å². The van der Waals surface area contributed by atoms with Gasteiger partial charge in [-0.2, -0.15) is 0 Å². The maximum absolute atomic E-state index is 12.2. The summed E-state index contributed by atoms with van der Waals surface area (Å²) in [5.41, 5.74) is 7.60. The first-order valence-corrected chi connectivity index (χ1v) is 6.89. The van der Waals surface area contributed by atoms with Crippen molar-refractivity contribution in [3.8, 4) is 0 Å². The highest BCUT2D eigenvalue weighted by Crippen LogP contribution is 2.38. The van der Waals surface area contributed by atoms with Crippen molar-refractivity contribution in [3.63, 3.8) is 0 Å². The molecular weight excluding hydrogens is 295 g/mol. The fraction of sp³-hybridized carbons (Fsp3) is 0.133. The number of benzene rings is 2. The predicted octanol–water partition coefficient (Wildman–Crippen LogP) is 3.34. The van der Waals surface area contributed by atoms with Crippen molar-refractivity contribution in [3.05, 3.63) is 63.6 Å². The SMILES string of the molecule is NC1(Cc2cccc(Cl)c2)C(=O)Nc2cc(Cl)ccc21. The highest BCUT2D eigenvalue weighted by Gasteiger charge is 2.43. The van der Waals surface area contributed by atoms with Crippen LogP contribution in [0.1, 0.15) is 11.1 Å². The third kappa shape index (κ3) is 2.18. The van der Waals surface area contributed by atoms with Crippen LogP contribution in [0.2, 0.25) is 10.0 Å². The van der Waals surface area contributed by atoms with E-state index < -0.39 is 5.54 Å². The van der Waals surface area contributed by atoms with Gasteiger partial charge in [-0.1, -0.05) is 41.4 Å². The molecule has 2 aromatic carbocycles. The Labute approximate surface area is 126 Å². The number of nitrogens with one attached hydrogen (secondary N) is 1. The second kappa shape index (κ2) is 4.77. The number of hydrogen-bond acceptors (Lipinski definition) is 2. The molecule has 1 unspecified atom stereocenters. The molecule has 3 N–H and O–H groups in total. The smallest absolute Gasteiger partial charge is 0.249 e. The Hall–Kier alpha value is -1.55. The molecule has 0 saturated heterocycles. The van der Waals surface area contributed by atoms with Crippen LogP contribution < -0.4 is 11.1 Å². The van der Waals surface area contributed by atoms with Crippen LogP contribution in [0.25, 0.3) is 0 Å². The summed E-state index contributed by atoms with van der Waals surface area (Å²) in [7, 11) is 0. The number of carbonyl (C=O) groups excluding carboxylic acids is 1. The molecule has 5 heteroatoms. The summed E-state index contributed by atoms with van der Waals surface area (Å²) in [5, 5.41) is 3.97. The summed E-state index contributed by atoms with van der Waals surface area (Å²) in [6.07, 6.45) is 0.383. The lowest BCUT2D eigenvalue weighted by Gasteiger charge is -2.22. The minimum absolute atomic E-state index is 0.227. The first kappa shape index (κ1) is 13.4. The van der Waals surface area contributed by atoms with Gasteiger partial charge in [-0.05, 0) is 29.8 Å². The van der Waals surface area contributed by atoms with E-state index in [9.17, 15) is 4.79 Å². The molecule has 102 valence electrons. The highest BCUT2D eigenvalue weighted by molar-refractivity contribution is 6.31. The van der Waals surface area contributed by atoms with Crippen LogP contribution in [0.5, 0.6) is 0 Å². The standard InChI is InChI=1S/C15H12Cl2N2O/c16-10-3-1-2-9(6-10)8-15(18)12-5-4-11(17)7-13(12)19-14(15)20/h1-7H,8,18H2,(H,19,20). The molecule has 0 bridgehead atoms. The third-order valence-electron chi connectivity index (χ3n) is 3.49. The first-order chi connectivity index (χ1) is 9.49. The van der Waals surface area contributed by atoms with Crippen molar-refractivity contribution in [2.24, 2.45) is 5.73 Å². The summed E-state index contributed by atoms with van der Waals surface area (Å²) in [5.74, 6) is -0.227. The zero-order valence-corrected chi connectivity index (χ0v) is 12.0. The number of amides is 1. The van der Waals surface area contributed by atoms with Gasteiger partial charge in [-0.3, -0.25) is 4.79 Å². The van der Waals surface area contributed by atoms with Gasteiger partial charge in [-0.15, -0.1) is 0 Å². The van der Waals surface area contributed by atoms with E-state index in [1.54, 1.807) is 24.3 Å². The Morgan fingerprint density at radius 2 is 1.85 bits per heavy atom. The van der Waals surface area contributed by atoms with E-state index in [4.69, 9.17) is 28.9 Å². The van der Waals surface area contributed by atoms with E-state index in [2.05, 4.69) is 5.32 Å². The highest BCUT2D eigenvalue weighted by atomic mass is 35.5. The van der Waals surface area contributed by atoms with E-state index in [0.29, 0.717) is 22.2 Å². The zero-order valence-electron chi connectivity index (χ0n) is 10.5. The van der Waals surface area contributed by atoms with E-state index in [1.165, 1.54) is 0 Å². The second-order valence-electron chi connectivity index (χ2n) is 4.92. The molecule has 0 aromatic heterocycles. The number of nitrogens with two attached hydrogens (primary N) is 1. The molecule has 0 saturated carbocycles.